The monoisotopic (exact) mass is 179 g/mol. The van der Waals surface area contributed by atoms with Crippen molar-refractivity contribution in [1.29, 1.82) is 0 Å². The summed E-state index contributed by atoms with van der Waals surface area (Å²) in [6.07, 6.45) is 1.27. The molecule has 68 valence electrons. The van der Waals surface area contributed by atoms with Crippen molar-refractivity contribution < 1.29 is 8.42 Å². The van der Waals surface area contributed by atoms with Crippen LogP contribution in [0.25, 0.3) is 0 Å². The maximum Gasteiger partial charge on any atom is 0.148 e. The first-order chi connectivity index (χ1) is 4.99. The third-order valence-electron chi connectivity index (χ3n) is 1.67. The second kappa shape index (κ2) is 4.72. The van der Waals surface area contributed by atoms with Crippen LogP contribution in [0.3, 0.4) is 0 Å². The van der Waals surface area contributed by atoms with Crippen molar-refractivity contribution in [1.82, 2.24) is 4.90 Å². The lowest BCUT2D eigenvalue weighted by atomic mass is 10.5. The first-order valence-corrected chi connectivity index (χ1v) is 5.95. The van der Waals surface area contributed by atoms with Gasteiger partial charge in [-0.3, -0.25) is 0 Å². The van der Waals surface area contributed by atoms with Crippen molar-refractivity contribution >= 4 is 9.84 Å². The molecule has 4 heteroatoms. The highest BCUT2D eigenvalue weighted by Crippen LogP contribution is 1.89. The van der Waals surface area contributed by atoms with Gasteiger partial charge >= 0.3 is 0 Å². The summed E-state index contributed by atoms with van der Waals surface area (Å²) in [5.74, 6) is 0.272. The molecule has 0 aromatic heterocycles. The summed E-state index contributed by atoms with van der Waals surface area (Å²) in [4.78, 5) is 2.10. The highest BCUT2D eigenvalue weighted by molar-refractivity contribution is 7.90. The minimum atomic E-state index is -2.78. The van der Waals surface area contributed by atoms with Gasteiger partial charge in [0.25, 0.3) is 0 Å². The molecule has 0 rings (SSSR count). The Balaban J connectivity index is 3.69. The fraction of sp³-hybridized carbons (Fsp3) is 1.00. The van der Waals surface area contributed by atoms with E-state index in [2.05, 4.69) is 4.90 Å². The van der Waals surface area contributed by atoms with Crippen LogP contribution < -0.4 is 0 Å². The SMILES string of the molecule is CCN(CC)CCS(C)(=O)=O. The van der Waals surface area contributed by atoms with Crippen LogP contribution in [0, 0.1) is 0 Å². The molecule has 0 spiro atoms. The lowest BCUT2D eigenvalue weighted by Gasteiger charge is -2.16. The first kappa shape index (κ1) is 10.9. The van der Waals surface area contributed by atoms with E-state index in [0.717, 1.165) is 13.1 Å². The van der Waals surface area contributed by atoms with Gasteiger partial charge in [0.15, 0.2) is 0 Å². The number of sulfone groups is 1. The van der Waals surface area contributed by atoms with Crippen molar-refractivity contribution in [3.8, 4) is 0 Å². The molecular formula is C7H17NO2S. The smallest absolute Gasteiger partial charge is 0.148 e. The number of hydrogen-bond donors (Lipinski definition) is 0. The summed E-state index contributed by atoms with van der Waals surface area (Å²) >= 11 is 0. The Kier molecular flexibility index (Phi) is 4.68. The number of rotatable bonds is 5. The zero-order chi connectivity index (χ0) is 8.91. The van der Waals surface area contributed by atoms with Crippen molar-refractivity contribution in [3.05, 3.63) is 0 Å². The minimum absolute atomic E-state index is 0.272. The zero-order valence-corrected chi connectivity index (χ0v) is 8.32. The summed E-state index contributed by atoms with van der Waals surface area (Å²) in [6, 6.07) is 0. The third-order valence-corrected chi connectivity index (χ3v) is 2.60. The van der Waals surface area contributed by atoms with Crippen LogP contribution in [0.15, 0.2) is 0 Å². The van der Waals surface area contributed by atoms with Crippen LogP contribution in [0.2, 0.25) is 0 Å². The van der Waals surface area contributed by atoms with Gasteiger partial charge in [0, 0.05) is 12.8 Å². The molecule has 0 amide bonds. The lowest BCUT2D eigenvalue weighted by molar-refractivity contribution is 0.322. The topological polar surface area (TPSA) is 37.4 Å². The summed E-state index contributed by atoms with van der Waals surface area (Å²) in [7, 11) is -2.78. The Morgan fingerprint density at radius 2 is 1.64 bits per heavy atom. The molecule has 0 aliphatic rings. The quantitative estimate of drug-likeness (QED) is 0.612. The molecule has 0 aromatic carbocycles. The van der Waals surface area contributed by atoms with E-state index in [0.29, 0.717) is 6.54 Å². The van der Waals surface area contributed by atoms with Gasteiger partial charge in [0.05, 0.1) is 5.75 Å². The van der Waals surface area contributed by atoms with Gasteiger partial charge in [0.2, 0.25) is 0 Å². The van der Waals surface area contributed by atoms with Gasteiger partial charge in [0.1, 0.15) is 9.84 Å². The van der Waals surface area contributed by atoms with E-state index in [1.54, 1.807) is 0 Å². The molecule has 0 unspecified atom stereocenters. The Morgan fingerprint density at radius 3 is 1.91 bits per heavy atom. The van der Waals surface area contributed by atoms with Crippen molar-refractivity contribution in [2.24, 2.45) is 0 Å². The van der Waals surface area contributed by atoms with Gasteiger partial charge in [-0.05, 0) is 13.1 Å². The van der Waals surface area contributed by atoms with Gasteiger partial charge < -0.3 is 4.90 Å². The Labute approximate surface area is 69.3 Å². The summed E-state index contributed by atoms with van der Waals surface area (Å²) in [6.45, 7) is 6.57. The standard InChI is InChI=1S/C7H17NO2S/c1-4-8(5-2)6-7-11(3,9)10/h4-7H2,1-3H3. The van der Waals surface area contributed by atoms with E-state index < -0.39 is 9.84 Å². The molecule has 0 aliphatic heterocycles. The average Bonchev–Trinajstić information content (AvgIpc) is 1.88. The van der Waals surface area contributed by atoms with Crippen LogP contribution >= 0.6 is 0 Å². The molecule has 0 N–H and O–H groups in total. The minimum Gasteiger partial charge on any atom is -0.303 e. The van der Waals surface area contributed by atoms with E-state index in [4.69, 9.17) is 0 Å². The molecular weight excluding hydrogens is 162 g/mol. The van der Waals surface area contributed by atoms with E-state index in [1.807, 2.05) is 13.8 Å². The highest BCUT2D eigenvalue weighted by atomic mass is 32.2. The summed E-state index contributed by atoms with van der Waals surface area (Å²) in [5, 5.41) is 0. The lowest BCUT2D eigenvalue weighted by Crippen LogP contribution is -2.28. The molecule has 11 heavy (non-hydrogen) atoms. The molecule has 0 heterocycles. The highest BCUT2D eigenvalue weighted by Gasteiger charge is 2.04. The predicted octanol–water partition coefficient (Wildman–Crippen LogP) is 0.373. The predicted molar refractivity (Wildman–Crippen MR) is 47.5 cm³/mol. The molecule has 0 saturated heterocycles. The van der Waals surface area contributed by atoms with Gasteiger partial charge in [-0.2, -0.15) is 0 Å². The van der Waals surface area contributed by atoms with Crippen LogP contribution in [0.1, 0.15) is 13.8 Å². The maximum atomic E-state index is 10.7. The second-order valence-corrected chi connectivity index (χ2v) is 4.92. The molecule has 0 fully saturated rings. The molecule has 0 aliphatic carbocycles. The number of nitrogens with zero attached hydrogens (tertiary/aromatic N) is 1. The maximum absolute atomic E-state index is 10.7. The van der Waals surface area contributed by atoms with E-state index in [9.17, 15) is 8.42 Å². The third kappa shape index (κ3) is 6.31. The Morgan fingerprint density at radius 1 is 1.18 bits per heavy atom. The molecule has 0 radical (unpaired) electrons. The van der Waals surface area contributed by atoms with Crippen LogP contribution in [-0.2, 0) is 9.84 Å². The van der Waals surface area contributed by atoms with Crippen LogP contribution in [0.5, 0.6) is 0 Å². The normalized spacial score (nSPS) is 12.4. The molecule has 0 aromatic rings. The summed E-state index contributed by atoms with van der Waals surface area (Å²) in [5.41, 5.74) is 0. The summed E-state index contributed by atoms with van der Waals surface area (Å²) < 4.78 is 21.5. The average molecular weight is 179 g/mol. The molecule has 3 nitrogen and oxygen atoms in total. The van der Waals surface area contributed by atoms with E-state index in [1.165, 1.54) is 6.26 Å². The molecule has 0 atom stereocenters. The zero-order valence-electron chi connectivity index (χ0n) is 7.50. The van der Waals surface area contributed by atoms with Gasteiger partial charge in [-0.1, -0.05) is 13.8 Å². The van der Waals surface area contributed by atoms with Crippen molar-refractivity contribution in [3.63, 3.8) is 0 Å². The van der Waals surface area contributed by atoms with E-state index >= 15 is 0 Å². The number of hydrogen-bond acceptors (Lipinski definition) is 3. The van der Waals surface area contributed by atoms with Crippen LogP contribution in [0.4, 0.5) is 0 Å². The largest absolute Gasteiger partial charge is 0.303 e. The van der Waals surface area contributed by atoms with Gasteiger partial charge in [-0.25, -0.2) is 8.42 Å². The van der Waals surface area contributed by atoms with Crippen LogP contribution in [-0.4, -0.2) is 45.0 Å². The van der Waals surface area contributed by atoms with Gasteiger partial charge in [-0.15, -0.1) is 0 Å². The Hall–Kier alpha value is -0.0900. The second-order valence-electron chi connectivity index (χ2n) is 2.66. The molecule has 0 saturated carbocycles. The first-order valence-electron chi connectivity index (χ1n) is 3.89. The fourth-order valence-electron chi connectivity index (χ4n) is 0.835. The van der Waals surface area contributed by atoms with Crippen molar-refractivity contribution in [2.45, 2.75) is 13.8 Å². The Bertz CT molecular complexity index is 183. The fourth-order valence-corrected chi connectivity index (χ4v) is 1.42. The van der Waals surface area contributed by atoms with Crippen molar-refractivity contribution in [2.75, 3.05) is 31.6 Å². The van der Waals surface area contributed by atoms with E-state index in [-0.39, 0.29) is 5.75 Å². The molecule has 0 bridgehead atoms.